The van der Waals surface area contributed by atoms with Gasteiger partial charge in [-0.25, -0.2) is 0 Å². The van der Waals surface area contributed by atoms with Crippen LogP contribution in [0.3, 0.4) is 0 Å². The molecule has 0 radical (unpaired) electrons. The summed E-state index contributed by atoms with van der Waals surface area (Å²) in [4.78, 5) is 6.60. The molecule has 0 amide bonds. The van der Waals surface area contributed by atoms with Gasteiger partial charge < -0.3 is 32.4 Å². The van der Waals surface area contributed by atoms with Gasteiger partial charge in [-0.1, -0.05) is 13.8 Å². The first-order valence-electron chi connectivity index (χ1n) is 9.33. The molecule has 0 spiro atoms. The predicted octanol–water partition coefficient (Wildman–Crippen LogP) is 2.36. The predicted molar refractivity (Wildman–Crippen MR) is 118 cm³/mol. The molecule has 1 aromatic heterocycles. The molecule has 1 aromatic rings. The van der Waals surface area contributed by atoms with Gasteiger partial charge in [0.1, 0.15) is 6.17 Å². The van der Waals surface area contributed by atoms with Crippen molar-refractivity contribution in [1.29, 1.82) is 5.41 Å². The topological polar surface area (TPSA) is 116 Å². The molecule has 0 aromatic carbocycles. The van der Waals surface area contributed by atoms with E-state index in [1.807, 2.05) is 38.4 Å². The van der Waals surface area contributed by atoms with Crippen molar-refractivity contribution < 1.29 is 0 Å². The van der Waals surface area contributed by atoms with Gasteiger partial charge in [0.15, 0.2) is 0 Å². The first-order chi connectivity index (χ1) is 13.4. The van der Waals surface area contributed by atoms with Crippen LogP contribution in [0.2, 0.25) is 0 Å². The highest BCUT2D eigenvalue weighted by atomic mass is 15.3. The van der Waals surface area contributed by atoms with Gasteiger partial charge in [0.05, 0.1) is 17.2 Å². The number of likely N-dealkylation sites (N-methyl/N-ethyl adjacent to an activating group) is 1. The Balaban J connectivity index is 2.23. The third-order valence-corrected chi connectivity index (χ3v) is 4.43. The molecular formula is C21H31N7. The van der Waals surface area contributed by atoms with Gasteiger partial charge in [-0.3, -0.25) is 4.98 Å². The Bertz CT molecular complexity index is 818. The van der Waals surface area contributed by atoms with Gasteiger partial charge in [0.2, 0.25) is 0 Å². The molecule has 0 saturated carbocycles. The van der Waals surface area contributed by atoms with Crippen molar-refractivity contribution >= 4 is 23.6 Å². The van der Waals surface area contributed by atoms with E-state index in [9.17, 15) is 0 Å². The van der Waals surface area contributed by atoms with Gasteiger partial charge in [-0.05, 0) is 48.4 Å². The van der Waals surface area contributed by atoms with Gasteiger partial charge in [0, 0.05) is 43.8 Å². The molecule has 0 fully saturated rings. The fraction of sp³-hybridized carbons (Fsp3) is 0.333. The first-order valence-corrected chi connectivity index (χ1v) is 9.33. The second-order valence-electron chi connectivity index (χ2n) is 7.16. The maximum atomic E-state index is 7.61. The number of nitrogens with one attached hydrogen (secondary N) is 3. The van der Waals surface area contributed by atoms with Crippen LogP contribution in [0.25, 0.3) is 11.6 Å². The van der Waals surface area contributed by atoms with Gasteiger partial charge in [-0.15, -0.1) is 0 Å². The molecule has 1 aliphatic rings. The van der Waals surface area contributed by atoms with E-state index in [1.165, 1.54) is 6.21 Å². The highest BCUT2D eigenvalue weighted by Gasteiger charge is 2.21. The lowest BCUT2D eigenvalue weighted by Gasteiger charge is -2.33. The fourth-order valence-corrected chi connectivity index (χ4v) is 3.06. The Morgan fingerprint density at radius 3 is 2.79 bits per heavy atom. The Morgan fingerprint density at radius 2 is 2.18 bits per heavy atom. The largest absolute Gasteiger partial charge is 0.404 e. The average molecular weight is 382 g/mol. The molecule has 0 aliphatic carbocycles. The smallest absolute Gasteiger partial charge is 0.120 e. The molecule has 1 atom stereocenters. The number of nitrogens with two attached hydrogens (primary N) is 2. The number of allylic oxidation sites excluding steroid dienone is 3. The number of anilines is 1. The molecule has 1 unspecified atom stereocenters. The van der Waals surface area contributed by atoms with Crippen LogP contribution in [-0.4, -0.2) is 31.5 Å². The molecule has 150 valence electrons. The third kappa shape index (κ3) is 5.16. The summed E-state index contributed by atoms with van der Waals surface area (Å²) in [5, 5.41) is 13.9. The number of aromatic nitrogens is 1. The van der Waals surface area contributed by atoms with Crippen molar-refractivity contribution in [2.45, 2.75) is 26.4 Å². The van der Waals surface area contributed by atoms with E-state index in [0.717, 1.165) is 34.5 Å². The molecule has 1 aliphatic heterocycles. The standard InChI is InChI=1S/C21H31N7/c1-14(2)7-15(10-22)8-20(24)27-21-6-5-18-19(28(21)4)9-16(13-26-18)17(11-23)12-25-3/h5-6,8-14,21,23,25,27H,7,22,24H2,1-4H3/b15-10-,17-12+,20-8+,23-11?. The fourth-order valence-electron chi connectivity index (χ4n) is 3.06. The zero-order chi connectivity index (χ0) is 20.7. The summed E-state index contributed by atoms with van der Waals surface area (Å²) in [7, 11) is 3.79. The van der Waals surface area contributed by atoms with Crippen molar-refractivity contribution in [2.75, 3.05) is 19.0 Å². The van der Waals surface area contributed by atoms with Crippen LogP contribution in [0.5, 0.6) is 0 Å². The molecule has 2 heterocycles. The summed E-state index contributed by atoms with van der Waals surface area (Å²) in [5.41, 5.74) is 16.4. The summed E-state index contributed by atoms with van der Waals surface area (Å²) >= 11 is 0. The molecule has 0 saturated heterocycles. The minimum absolute atomic E-state index is 0.115. The van der Waals surface area contributed by atoms with E-state index in [-0.39, 0.29) is 6.17 Å². The second kappa shape index (κ2) is 9.64. The zero-order valence-electron chi connectivity index (χ0n) is 17.0. The van der Waals surface area contributed by atoms with Gasteiger partial charge in [-0.2, -0.15) is 0 Å². The van der Waals surface area contributed by atoms with E-state index >= 15 is 0 Å². The lowest BCUT2D eigenvalue weighted by molar-refractivity contribution is 0.633. The van der Waals surface area contributed by atoms with Crippen molar-refractivity contribution in [3.8, 4) is 0 Å². The normalized spacial score (nSPS) is 17.5. The Kier molecular flexibility index (Phi) is 7.26. The second-order valence-corrected chi connectivity index (χ2v) is 7.16. The highest BCUT2D eigenvalue weighted by molar-refractivity contribution is 6.08. The number of rotatable bonds is 8. The van der Waals surface area contributed by atoms with Crippen LogP contribution in [-0.2, 0) is 0 Å². The van der Waals surface area contributed by atoms with Crippen molar-refractivity contribution in [3.05, 3.63) is 59.5 Å². The highest BCUT2D eigenvalue weighted by Crippen LogP contribution is 2.28. The molecule has 7 N–H and O–H groups in total. The van der Waals surface area contributed by atoms with E-state index in [1.54, 1.807) is 18.6 Å². The average Bonchev–Trinajstić information content (AvgIpc) is 2.67. The number of hydrogen-bond acceptors (Lipinski definition) is 7. The summed E-state index contributed by atoms with van der Waals surface area (Å²) < 4.78 is 0. The Labute approximate surface area is 167 Å². The van der Waals surface area contributed by atoms with Gasteiger partial charge in [0.25, 0.3) is 0 Å². The van der Waals surface area contributed by atoms with E-state index < -0.39 is 0 Å². The summed E-state index contributed by atoms with van der Waals surface area (Å²) in [6.45, 7) is 4.29. The number of hydrogen-bond donors (Lipinski definition) is 5. The lowest BCUT2D eigenvalue weighted by atomic mass is 10.0. The molecule has 2 rings (SSSR count). The first kappa shape index (κ1) is 21.1. The minimum Gasteiger partial charge on any atom is -0.404 e. The maximum absolute atomic E-state index is 7.61. The monoisotopic (exact) mass is 381 g/mol. The maximum Gasteiger partial charge on any atom is 0.120 e. The molecule has 7 nitrogen and oxygen atoms in total. The van der Waals surface area contributed by atoms with Crippen LogP contribution in [0.4, 0.5) is 5.69 Å². The summed E-state index contributed by atoms with van der Waals surface area (Å²) in [6, 6.07) is 2.03. The zero-order valence-corrected chi connectivity index (χ0v) is 17.0. The summed E-state index contributed by atoms with van der Waals surface area (Å²) in [6.07, 6.45) is 13.1. The Hall–Kier alpha value is -3.22. The quantitative estimate of drug-likeness (QED) is 0.349. The van der Waals surface area contributed by atoms with Crippen LogP contribution in [0.1, 0.15) is 31.5 Å². The molecule has 28 heavy (non-hydrogen) atoms. The number of fused-ring (bicyclic) bond motifs is 1. The van der Waals surface area contributed by atoms with Crippen molar-refractivity contribution in [1.82, 2.24) is 15.6 Å². The van der Waals surface area contributed by atoms with E-state index in [4.69, 9.17) is 16.9 Å². The van der Waals surface area contributed by atoms with Gasteiger partial charge >= 0.3 is 0 Å². The molecule has 0 bridgehead atoms. The van der Waals surface area contributed by atoms with Crippen LogP contribution in [0, 0.1) is 11.3 Å². The SMILES string of the molecule is CN/C=C(\C=N)c1cnc2c(c1)N(C)C(N/C(N)=C/C(=C\N)CC(C)C)C=C2. The van der Waals surface area contributed by atoms with E-state index in [0.29, 0.717) is 11.7 Å². The lowest BCUT2D eigenvalue weighted by Crippen LogP contribution is -2.45. The van der Waals surface area contributed by atoms with Crippen molar-refractivity contribution in [2.24, 2.45) is 17.4 Å². The van der Waals surface area contributed by atoms with Crippen LogP contribution < -0.4 is 27.0 Å². The molecular weight excluding hydrogens is 350 g/mol. The Morgan fingerprint density at radius 1 is 1.43 bits per heavy atom. The third-order valence-electron chi connectivity index (χ3n) is 4.43. The number of nitrogens with zero attached hydrogens (tertiary/aromatic N) is 2. The van der Waals surface area contributed by atoms with E-state index in [2.05, 4.69) is 34.4 Å². The van der Waals surface area contributed by atoms with Crippen LogP contribution >= 0.6 is 0 Å². The molecule has 7 heteroatoms. The minimum atomic E-state index is -0.115. The van der Waals surface area contributed by atoms with Crippen LogP contribution in [0.15, 0.2) is 48.2 Å². The summed E-state index contributed by atoms with van der Waals surface area (Å²) in [5.74, 6) is 1.06. The number of pyridine rings is 1. The van der Waals surface area contributed by atoms with Crippen molar-refractivity contribution in [3.63, 3.8) is 0 Å².